The van der Waals surface area contributed by atoms with Crippen molar-refractivity contribution >= 4 is 0 Å². The highest BCUT2D eigenvalue weighted by Crippen LogP contribution is 2.29. The molecule has 0 bridgehead atoms. The molecule has 2 rings (SSSR count). The lowest BCUT2D eigenvalue weighted by Gasteiger charge is -2.01. The first kappa shape index (κ1) is 11.4. The predicted molar refractivity (Wildman–Crippen MR) is 49.6 cm³/mol. The van der Waals surface area contributed by atoms with Crippen molar-refractivity contribution in [2.45, 2.75) is 20.0 Å². The van der Waals surface area contributed by atoms with E-state index in [0.717, 1.165) is 4.68 Å². The number of aromatic amines is 1. The van der Waals surface area contributed by atoms with Crippen LogP contribution in [0.3, 0.4) is 0 Å². The lowest BCUT2D eigenvalue weighted by atomic mass is 10.4. The Bertz CT molecular complexity index is 536. The number of nitrogens with zero attached hydrogens (tertiary/aromatic N) is 4. The fourth-order valence-electron chi connectivity index (χ4n) is 1.39. The molecular formula is C8H8F3N5O. The largest absolute Gasteiger partial charge is 0.492 e. The van der Waals surface area contributed by atoms with Crippen molar-refractivity contribution in [2.24, 2.45) is 0 Å². The van der Waals surface area contributed by atoms with Crippen molar-refractivity contribution in [1.82, 2.24) is 25.0 Å². The van der Waals surface area contributed by atoms with E-state index in [1.807, 2.05) is 0 Å². The number of H-pyrrole nitrogens is 1. The summed E-state index contributed by atoms with van der Waals surface area (Å²) >= 11 is 0. The Labute approximate surface area is 93.1 Å². The predicted octanol–water partition coefficient (Wildman–Crippen LogP) is 1.33. The number of halogens is 3. The standard InChI is InChI=1S/C8H8F3N5O/c1-3-5(6(17)14-13-3)16-4(2)12-7(15-16)8(9,10)11/h1-2H3,(H2,13,14,17). The Morgan fingerprint density at radius 1 is 1.29 bits per heavy atom. The molecule has 17 heavy (non-hydrogen) atoms. The minimum atomic E-state index is -4.62. The molecule has 0 aliphatic rings. The Kier molecular flexibility index (Phi) is 2.33. The van der Waals surface area contributed by atoms with Gasteiger partial charge in [-0.3, -0.25) is 0 Å². The molecule has 0 amide bonds. The zero-order valence-electron chi connectivity index (χ0n) is 8.87. The lowest BCUT2D eigenvalue weighted by molar-refractivity contribution is -0.144. The molecule has 0 unspecified atom stereocenters. The molecule has 2 aromatic heterocycles. The van der Waals surface area contributed by atoms with Crippen LogP contribution in [0.15, 0.2) is 0 Å². The third-order valence-electron chi connectivity index (χ3n) is 2.13. The third kappa shape index (κ3) is 1.83. The fourth-order valence-corrected chi connectivity index (χ4v) is 1.39. The van der Waals surface area contributed by atoms with Gasteiger partial charge in [-0.2, -0.15) is 18.3 Å². The van der Waals surface area contributed by atoms with Crippen molar-refractivity contribution in [1.29, 1.82) is 0 Å². The van der Waals surface area contributed by atoms with Gasteiger partial charge in [0.25, 0.3) is 5.82 Å². The van der Waals surface area contributed by atoms with Gasteiger partial charge in [0.15, 0.2) is 5.69 Å². The summed E-state index contributed by atoms with van der Waals surface area (Å²) in [5.41, 5.74) is 0.384. The number of rotatable bonds is 1. The molecule has 92 valence electrons. The maximum atomic E-state index is 12.4. The van der Waals surface area contributed by atoms with Crippen LogP contribution in [0.4, 0.5) is 13.2 Å². The summed E-state index contributed by atoms with van der Waals surface area (Å²) < 4.78 is 38.1. The summed E-state index contributed by atoms with van der Waals surface area (Å²) in [7, 11) is 0. The molecule has 0 spiro atoms. The fraction of sp³-hybridized carbons (Fsp3) is 0.375. The van der Waals surface area contributed by atoms with E-state index >= 15 is 0 Å². The van der Waals surface area contributed by atoms with Gasteiger partial charge < -0.3 is 5.11 Å². The van der Waals surface area contributed by atoms with Crippen LogP contribution in [-0.4, -0.2) is 30.1 Å². The van der Waals surface area contributed by atoms with E-state index in [0.29, 0.717) is 5.69 Å². The normalized spacial score (nSPS) is 12.1. The second-order valence-electron chi connectivity index (χ2n) is 3.40. The zero-order valence-corrected chi connectivity index (χ0v) is 8.87. The van der Waals surface area contributed by atoms with Crippen molar-refractivity contribution in [2.75, 3.05) is 0 Å². The van der Waals surface area contributed by atoms with Crippen LogP contribution in [0.25, 0.3) is 5.69 Å². The van der Waals surface area contributed by atoms with E-state index in [1.165, 1.54) is 13.8 Å². The van der Waals surface area contributed by atoms with Gasteiger partial charge in [0, 0.05) is 0 Å². The highest BCUT2D eigenvalue weighted by molar-refractivity contribution is 5.44. The van der Waals surface area contributed by atoms with Crippen LogP contribution in [0, 0.1) is 13.8 Å². The Morgan fingerprint density at radius 3 is 2.35 bits per heavy atom. The van der Waals surface area contributed by atoms with Crippen LogP contribution < -0.4 is 0 Å². The number of aryl methyl sites for hydroxylation is 2. The van der Waals surface area contributed by atoms with Crippen LogP contribution in [0.1, 0.15) is 17.3 Å². The average Bonchev–Trinajstić information content (AvgIpc) is 2.70. The van der Waals surface area contributed by atoms with E-state index in [1.54, 1.807) is 0 Å². The van der Waals surface area contributed by atoms with E-state index in [-0.39, 0.29) is 17.4 Å². The number of aromatic nitrogens is 5. The van der Waals surface area contributed by atoms with E-state index in [2.05, 4.69) is 20.3 Å². The highest BCUT2D eigenvalue weighted by atomic mass is 19.4. The summed E-state index contributed by atoms with van der Waals surface area (Å²) in [6.07, 6.45) is -4.62. The molecule has 2 heterocycles. The van der Waals surface area contributed by atoms with Gasteiger partial charge in [0.05, 0.1) is 5.69 Å². The molecule has 0 aliphatic carbocycles. The van der Waals surface area contributed by atoms with Crippen molar-refractivity contribution < 1.29 is 18.3 Å². The van der Waals surface area contributed by atoms with E-state index in [9.17, 15) is 18.3 Å². The molecule has 0 saturated carbocycles. The smallest absolute Gasteiger partial charge is 0.453 e. The van der Waals surface area contributed by atoms with Gasteiger partial charge in [0.2, 0.25) is 5.88 Å². The minimum absolute atomic E-state index is 0.0112. The van der Waals surface area contributed by atoms with E-state index in [4.69, 9.17) is 0 Å². The molecule has 0 aliphatic heterocycles. The minimum Gasteiger partial charge on any atom is -0.492 e. The van der Waals surface area contributed by atoms with Gasteiger partial charge in [-0.25, -0.2) is 14.8 Å². The maximum absolute atomic E-state index is 12.4. The second kappa shape index (κ2) is 3.47. The van der Waals surface area contributed by atoms with Gasteiger partial charge in [-0.1, -0.05) is 0 Å². The maximum Gasteiger partial charge on any atom is 0.453 e. The second-order valence-corrected chi connectivity index (χ2v) is 3.40. The first-order valence-corrected chi connectivity index (χ1v) is 4.56. The first-order valence-electron chi connectivity index (χ1n) is 4.56. The van der Waals surface area contributed by atoms with E-state index < -0.39 is 12.0 Å². The molecule has 2 aromatic rings. The zero-order chi connectivity index (χ0) is 12.8. The summed E-state index contributed by atoms with van der Waals surface area (Å²) in [5.74, 6) is -1.60. The Hall–Kier alpha value is -2.06. The Morgan fingerprint density at radius 2 is 1.94 bits per heavy atom. The highest BCUT2D eigenvalue weighted by Gasteiger charge is 2.37. The third-order valence-corrected chi connectivity index (χ3v) is 2.13. The van der Waals surface area contributed by atoms with Gasteiger partial charge in [-0.05, 0) is 13.8 Å². The van der Waals surface area contributed by atoms with Crippen LogP contribution in [-0.2, 0) is 6.18 Å². The van der Waals surface area contributed by atoms with Crippen molar-refractivity contribution in [3.05, 3.63) is 17.3 Å². The number of hydrogen-bond acceptors (Lipinski definition) is 4. The Balaban J connectivity index is 2.58. The lowest BCUT2D eigenvalue weighted by Crippen LogP contribution is -2.08. The summed E-state index contributed by atoms with van der Waals surface area (Å²) in [5, 5.41) is 18.6. The molecule has 0 atom stereocenters. The number of alkyl halides is 3. The molecule has 0 radical (unpaired) electrons. The first-order chi connectivity index (χ1) is 7.80. The van der Waals surface area contributed by atoms with Crippen molar-refractivity contribution in [3.63, 3.8) is 0 Å². The summed E-state index contributed by atoms with van der Waals surface area (Å²) in [4.78, 5) is 3.29. The number of aromatic hydroxyl groups is 1. The monoisotopic (exact) mass is 247 g/mol. The summed E-state index contributed by atoms with van der Waals surface area (Å²) in [6, 6.07) is 0. The quantitative estimate of drug-likeness (QED) is 0.796. The van der Waals surface area contributed by atoms with Crippen molar-refractivity contribution in [3.8, 4) is 11.6 Å². The topological polar surface area (TPSA) is 79.6 Å². The van der Waals surface area contributed by atoms with Gasteiger partial charge in [0.1, 0.15) is 5.82 Å². The molecule has 9 heteroatoms. The number of hydrogen-bond donors (Lipinski definition) is 2. The van der Waals surface area contributed by atoms with Gasteiger partial charge in [-0.15, -0.1) is 5.10 Å². The SMILES string of the molecule is Cc1n[nH]c(O)c1-n1nc(C(F)(F)F)nc1C. The summed E-state index contributed by atoms with van der Waals surface area (Å²) in [6.45, 7) is 2.88. The molecular weight excluding hydrogens is 239 g/mol. The average molecular weight is 247 g/mol. The molecule has 6 nitrogen and oxygen atoms in total. The molecule has 0 aromatic carbocycles. The molecule has 0 fully saturated rings. The van der Waals surface area contributed by atoms with Crippen LogP contribution in [0.2, 0.25) is 0 Å². The number of nitrogens with one attached hydrogen (secondary N) is 1. The van der Waals surface area contributed by atoms with Crippen LogP contribution in [0.5, 0.6) is 5.88 Å². The van der Waals surface area contributed by atoms with Crippen LogP contribution >= 0.6 is 0 Å². The van der Waals surface area contributed by atoms with Gasteiger partial charge >= 0.3 is 6.18 Å². The molecule has 2 N–H and O–H groups in total. The molecule has 0 saturated heterocycles.